The number of H-pyrrole nitrogens is 1. The van der Waals surface area contributed by atoms with E-state index in [2.05, 4.69) is 20.3 Å². The number of aromatic amines is 1. The molecule has 0 saturated carbocycles. The summed E-state index contributed by atoms with van der Waals surface area (Å²) in [5.74, 6) is 1.60. The molecule has 3 heterocycles. The molecule has 0 aromatic carbocycles. The molecule has 2 aromatic rings. The molecule has 0 aliphatic carbocycles. The van der Waals surface area contributed by atoms with Gasteiger partial charge in [0.2, 0.25) is 5.89 Å². The molecule has 1 aliphatic heterocycles. The van der Waals surface area contributed by atoms with Gasteiger partial charge in [-0.15, -0.1) is 0 Å². The van der Waals surface area contributed by atoms with E-state index in [9.17, 15) is 4.79 Å². The smallest absolute Gasteiger partial charge is 0.271 e. The quantitative estimate of drug-likeness (QED) is 0.875. The zero-order chi connectivity index (χ0) is 13.2. The Balaban J connectivity index is 1.62. The van der Waals surface area contributed by atoms with Gasteiger partial charge >= 0.3 is 0 Å². The normalized spacial score (nSPS) is 16.8. The summed E-state index contributed by atoms with van der Waals surface area (Å²) in [5.41, 5.74) is 0.534. The van der Waals surface area contributed by atoms with Crippen molar-refractivity contribution >= 4 is 5.91 Å². The fraction of sp³-hybridized carbons (Fsp3) is 0.500. The highest BCUT2D eigenvalue weighted by atomic mass is 16.5. The number of carbonyl (C=O) groups excluding carboxylic acids is 1. The molecule has 7 nitrogen and oxygen atoms in total. The standard InChI is InChI=1S/C12H15N5O2/c1-8-14-11(19-16-8)9-3-6-17(7-4-9)12(18)10-2-5-13-15-10/h2,5,9H,3-4,6-7H2,1H3,(H,13,15). The van der Waals surface area contributed by atoms with Gasteiger partial charge in [0.1, 0.15) is 5.69 Å². The number of aryl methyl sites for hydroxylation is 1. The molecule has 0 bridgehead atoms. The second kappa shape index (κ2) is 4.83. The molecule has 19 heavy (non-hydrogen) atoms. The van der Waals surface area contributed by atoms with Gasteiger partial charge in [-0.25, -0.2) is 0 Å². The summed E-state index contributed by atoms with van der Waals surface area (Å²) in [5, 5.41) is 10.3. The van der Waals surface area contributed by atoms with Crippen molar-refractivity contribution in [2.45, 2.75) is 25.7 Å². The van der Waals surface area contributed by atoms with E-state index in [1.54, 1.807) is 12.3 Å². The zero-order valence-corrected chi connectivity index (χ0v) is 10.7. The number of hydrogen-bond acceptors (Lipinski definition) is 5. The van der Waals surface area contributed by atoms with Crippen LogP contribution in [0.1, 0.15) is 41.0 Å². The molecule has 7 heteroatoms. The van der Waals surface area contributed by atoms with Crippen LogP contribution < -0.4 is 0 Å². The molecule has 3 rings (SSSR count). The average molecular weight is 261 g/mol. The van der Waals surface area contributed by atoms with Gasteiger partial charge in [0, 0.05) is 25.2 Å². The van der Waals surface area contributed by atoms with Gasteiger partial charge in [-0.2, -0.15) is 10.1 Å². The van der Waals surface area contributed by atoms with E-state index < -0.39 is 0 Å². The number of rotatable bonds is 2. The summed E-state index contributed by atoms with van der Waals surface area (Å²) in [4.78, 5) is 18.2. The predicted molar refractivity (Wildman–Crippen MR) is 65.5 cm³/mol. The first kappa shape index (κ1) is 11.9. The minimum atomic E-state index is -0.00217. The number of amides is 1. The Morgan fingerprint density at radius 2 is 2.26 bits per heavy atom. The number of piperidine rings is 1. The molecule has 0 radical (unpaired) electrons. The van der Waals surface area contributed by atoms with Gasteiger partial charge in [0.25, 0.3) is 5.91 Å². The molecule has 1 amide bonds. The molecule has 100 valence electrons. The molecule has 2 aromatic heterocycles. The van der Waals surface area contributed by atoms with Crippen molar-refractivity contribution in [2.75, 3.05) is 13.1 Å². The van der Waals surface area contributed by atoms with Gasteiger partial charge in [0.05, 0.1) is 0 Å². The summed E-state index contributed by atoms with van der Waals surface area (Å²) in [6, 6.07) is 1.69. The SMILES string of the molecule is Cc1noc(C2CCN(C(=O)c3ccn[nH]3)CC2)n1. The number of nitrogens with zero attached hydrogens (tertiary/aromatic N) is 4. The number of carbonyl (C=O) groups is 1. The first-order chi connectivity index (χ1) is 9.24. The van der Waals surface area contributed by atoms with Crippen LogP contribution in [-0.2, 0) is 0 Å². The predicted octanol–water partition coefficient (Wildman–Crippen LogP) is 1.12. The maximum atomic E-state index is 12.1. The van der Waals surface area contributed by atoms with Crippen LogP contribution in [0.3, 0.4) is 0 Å². The lowest BCUT2D eigenvalue weighted by molar-refractivity contribution is 0.0698. The maximum Gasteiger partial charge on any atom is 0.271 e. The van der Waals surface area contributed by atoms with Crippen LogP contribution in [0.2, 0.25) is 0 Å². The topological polar surface area (TPSA) is 87.9 Å². The second-order valence-electron chi connectivity index (χ2n) is 4.72. The third-order valence-electron chi connectivity index (χ3n) is 3.41. The maximum absolute atomic E-state index is 12.1. The zero-order valence-electron chi connectivity index (χ0n) is 10.7. The van der Waals surface area contributed by atoms with Crippen molar-refractivity contribution in [1.82, 2.24) is 25.2 Å². The molecule has 1 N–H and O–H groups in total. The fourth-order valence-electron chi connectivity index (χ4n) is 2.35. The highest BCUT2D eigenvalue weighted by Gasteiger charge is 2.27. The van der Waals surface area contributed by atoms with Gasteiger partial charge < -0.3 is 9.42 Å². The van der Waals surface area contributed by atoms with Gasteiger partial charge in [-0.1, -0.05) is 5.16 Å². The number of likely N-dealkylation sites (tertiary alicyclic amines) is 1. The minimum Gasteiger partial charge on any atom is -0.339 e. The number of aromatic nitrogens is 4. The third-order valence-corrected chi connectivity index (χ3v) is 3.41. The van der Waals surface area contributed by atoms with Crippen LogP contribution in [0.15, 0.2) is 16.8 Å². The summed E-state index contributed by atoms with van der Waals surface area (Å²) in [6.07, 6.45) is 3.28. The highest BCUT2D eigenvalue weighted by Crippen LogP contribution is 2.27. The van der Waals surface area contributed by atoms with Crippen LogP contribution in [-0.4, -0.2) is 44.2 Å². The van der Waals surface area contributed by atoms with Gasteiger partial charge in [-0.05, 0) is 25.8 Å². The Hall–Kier alpha value is -2.18. The van der Waals surface area contributed by atoms with E-state index in [0.29, 0.717) is 30.5 Å². The molecule has 1 aliphatic rings. The van der Waals surface area contributed by atoms with E-state index >= 15 is 0 Å². The van der Waals surface area contributed by atoms with Crippen molar-refractivity contribution in [3.8, 4) is 0 Å². The van der Waals surface area contributed by atoms with Gasteiger partial charge in [0.15, 0.2) is 5.82 Å². The van der Waals surface area contributed by atoms with Crippen LogP contribution in [0.25, 0.3) is 0 Å². The van der Waals surface area contributed by atoms with Crippen LogP contribution >= 0.6 is 0 Å². The molecule has 0 unspecified atom stereocenters. The Bertz CT molecular complexity index is 554. The number of hydrogen-bond donors (Lipinski definition) is 1. The van der Waals surface area contributed by atoms with Crippen LogP contribution in [0.5, 0.6) is 0 Å². The molecular weight excluding hydrogens is 246 g/mol. The second-order valence-corrected chi connectivity index (χ2v) is 4.72. The molecule has 0 spiro atoms. The lowest BCUT2D eigenvalue weighted by atomic mass is 9.96. The first-order valence-electron chi connectivity index (χ1n) is 6.33. The molecule has 1 fully saturated rings. The van der Waals surface area contributed by atoms with E-state index in [4.69, 9.17) is 4.52 Å². The third kappa shape index (κ3) is 2.35. The van der Waals surface area contributed by atoms with Crippen molar-refractivity contribution in [1.29, 1.82) is 0 Å². The van der Waals surface area contributed by atoms with E-state index in [0.717, 1.165) is 12.8 Å². The van der Waals surface area contributed by atoms with Crippen molar-refractivity contribution in [3.63, 3.8) is 0 Å². The summed E-state index contributed by atoms with van der Waals surface area (Å²) in [7, 11) is 0. The Morgan fingerprint density at radius 3 is 2.84 bits per heavy atom. The van der Waals surface area contributed by atoms with Crippen molar-refractivity contribution < 1.29 is 9.32 Å². The average Bonchev–Trinajstić information content (AvgIpc) is 3.09. The Morgan fingerprint density at radius 1 is 1.47 bits per heavy atom. The molecule has 1 saturated heterocycles. The van der Waals surface area contributed by atoms with Gasteiger partial charge in [-0.3, -0.25) is 9.89 Å². The lowest BCUT2D eigenvalue weighted by Crippen LogP contribution is -2.38. The van der Waals surface area contributed by atoms with E-state index in [1.807, 2.05) is 11.8 Å². The van der Waals surface area contributed by atoms with Crippen LogP contribution in [0, 0.1) is 6.92 Å². The monoisotopic (exact) mass is 261 g/mol. The lowest BCUT2D eigenvalue weighted by Gasteiger charge is -2.29. The minimum absolute atomic E-state index is 0.00217. The Labute approximate surface area is 110 Å². The van der Waals surface area contributed by atoms with Crippen molar-refractivity contribution in [3.05, 3.63) is 29.7 Å². The summed E-state index contributed by atoms with van der Waals surface area (Å²) in [6.45, 7) is 3.21. The van der Waals surface area contributed by atoms with E-state index in [-0.39, 0.29) is 11.8 Å². The van der Waals surface area contributed by atoms with E-state index in [1.165, 1.54) is 0 Å². The van der Waals surface area contributed by atoms with Crippen LogP contribution in [0.4, 0.5) is 0 Å². The largest absolute Gasteiger partial charge is 0.339 e. The summed E-state index contributed by atoms with van der Waals surface area (Å²) < 4.78 is 5.19. The molecular formula is C12H15N5O2. The molecule has 0 atom stereocenters. The fourth-order valence-corrected chi connectivity index (χ4v) is 2.35. The first-order valence-corrected chi connectivity index (χ1v) is 6.33. The number of nitrogens with one attached hydrogen (secondary N) is 1. The highest BCUT2D eigenvalue weighted by molar-refractivity contribution is 5.92. The van der Waals surface area contributed by atoms with Crippen molar-refractivity contribution in [2.24, 2.45) is 0 Å². The Kier molecular flexibility index (Phi) is 3.02. The summed E-state index contributed by atoms with van der Waals surface area (Å²) >= 11 is 0.